The summed E-state index contributed by atoms with van der Waals surface area (Å²) in [6, 6.07) is 5.83. The van der Waals surface area contributed by atoms with Crippen molar-refractivity contribution in [3.63, 3.8) is 0 Å². The van der Waals surface area contributed by atoms with Gasteiger partial charge in [0.05, 0.1) is 19.3 Å². The first kappa shape index (κ1) is 18.8. The van der Waals surface area contributed by atoms with Crippen LogP contribution < -0.4 is 0 Å². The van der Waals surface area contributed by atoms with Gasteiger partial charge in [-0.1, -0.05) is 29.4 Å². The fourth-order valence-electron chi connectivity index (χ4n) is 2.88. The van der Waals surface area contributed by atoms with Crippen LogP contribution in [0.1, 0.15) is 17.9 Å². The van der Waals surface area contributed by atoms with Crippen LogP contribution >= 0.6 is 0 Å². The summed E-state index contributed by atoms with van der Waals surface area (Å²) >= 11 is 0. The molecule has 1 aliphatic carbocycles. The first-order chi connectivity index (χ1) is 13.1. The van der Waals surface area contributed by atoms with Crippen LogP contribution in [0.25, 0.3) is 11.4 Å². The van der Waals surface area contributed by atoms with Crippen LogP contribution in [0, 0.1) is 5.92 Å². The van der Waals surface area contributed by atoms with Gasteiger partial charge in [-0.3, -0.25) is 4.79 Å². The van der Waals surface area contributed by atoms with Crippen molar-refractivity contribution in [1.29, 1.82) is 0 Å². The van der Waals surface area contributed by atoms with Crippen molar-refractivity contribution in [1.82, 2.24) is 15.0 Å². The molecule has 0 bridgehead atoms. The second-order valence-electron chi connectivity index (χ2n) is 6.79. The molecule has 1 saturated carbocycles. The van der Waals surface area contributed by atoms with E-state index < -0.39 is 36.2 Å². The summed E-state index contributed by atoms with van der Waals surface area (Å²) in [5.74, 6) is -6.54. The molecule has 2 aromatic rings. The third kappa shape index (κ3) is 3.58. The number of alkyl halides is 5. The Balaban J connectivity index is 1.48. The normalized spacial score (nSPS) is 21.2. The maximum Gasteiger partial charge on any atom is 0.471 e. The number of amides is 1. The molecule has 4 rings (SSSR count). The number of halogens is 5. The summed E-state index contributed by atoms with van der Waals surface area (Å²) in [6.45, 7) is 0.663. The highest BCUT2D eigenvalue weighted by molar-refractivity contribution is 5.83. The van der Waals surface area contributed by atoms with Crippen molar-refractivity contribution < 1.29 is 36.0 Å². The van der Waals surface area contributed by atoms with Gasteiger partial charge >= 0.3 is 12.1 Å². The van der Waals surface area contributed by atoms with Crippen molar-refractivity contribution >= 4 is 5.91 Å². The number of ether oxygens (including phenoxy) is 1. The number of benzene rings is 1. The Morgan fingerprint density at radius 3 is 2.32 bits per heavy atom. The lowest BCUT2D eigenvalue weighted by atomic mass is 10.1. The molecule has 2 fully saturated rings. The molecule has 0 spiro atoms. The van der Waals surface area contributed by atoms with Crippen LogP contribution in [-0.2, 0) is 22.3 Å². The minimum absolute atomic E-state index is 0.0970. The first-order valence-corrected chi connectivity index (χ1v) is 8.41. The third-order valence-corrected chi connectivity index (χ3v) is 4.70. The quantitative estimate of drug-likeness (QED) is 0.718. The van der Waals surface area contributed by atoms with E-state index in [9.17, 15) is 26.7 Å². The molecule has 28 heavy (non-hydrogen) atoms. The van der Waals surface area contributed by atoms with Crippen LogP contribution in [0.5, 0.6) is 0 Å². The molecule has 1 aliphatic heterocycles. The molecule has 0 radical (unpaired) electrons. The second kappa shape index (κ2) is 6.50. The Labute approximate surface area is 155 Å². The van der Waals surface area contributed by atoms with Crippen molar-refractivity contribution in [3.8, 4) is 11.4 Å². The average Bonchev–Trinajstić information content (AvgIpc) is 3.00. The third-order valence-electron chi connectivity index (χ3n) is 4.70. The van der Waals surface area contributed by atoms with E-state index >= 15 is 0 Å². The van der Waals surface area contributed by atoms with E-state index in [-0.39, 0.29) is 31.6 Å². The van der Waals surface area contributed by atoms with Gasteiger partial charge in [0.25, 0.3) is 5.92 Å². The van der Waals surface area contributed by atoms with E-state index in [0.717, 1.165) is 0 Å². The highest BCUT2D eigenvalue weighted by Crippen LogP contribution is 2.50. The fourth-order valence-corrected chi connectivity index (χ4v) is 2.88. The maximum absolute atomic E-state index is 13.3. The van der Waals surface area contributed by atoms with Gasteiger partial charge in [-0.25, -0.2) is 8.78 Å². The molecule has 11 heteroatoms. The molecule has 1 aromatic carbocycles. The highest BCUT2D eigenvalue weighted by Gasteiger charge is 2.62. The zero-order chi connectivity index (χ0) is 20.1. The first-order valence-electron chi connectivity index (χ1n) is 8.41. The summed E-state index contributed by atoms with van der Waals surface area (Å²) in [5, 5.41) is 3.30. The molecule has 2 heterocycles. The van der Waals surface area contributed by atoms with E-state index in [1.165, 1.54) is 17.0 Å². The van der Waals surface area contributed by atoms with E-state index in [0.29, 0.717) is 11.1 Å². The molecular formula is C17H14F5N3O3. The molecule has 1 saturated heterocycles. The summed E-state index contributed by atoms with van der Waals surface area (Å²) in [7, 11) is 0. The number of aromatic nitrogens is 2. The largest absolute Gasteiger partial charge is 0.471 e. The van der Waals surface area contributed by atoms with E-state index in [1.807, 2.05) is 0 Å². The number of rotatable bonds is 5. The SMILES string of the molecule is O=C(C1CC1(F)F)N(Cc1ccc(-c2noc(C(F)(F)F)n2)cc1)C1COC1. The van der Waals surface area contributed by atoms with Crippen LogP contribution in [0.15, 0.2) is 28.8 Å². The van der Waals surface area contributed by atoms with Gasteiger partial charge < -0.3 is 14.2 Å². The maximum atomic E-state index is 13.3. The lowest BCUT2D eigenvalue weighted by molar-refractivity contribution is -0.159. The molecule has 0 N–H and O–H groups in total. The van der Waals surface area contributed by atoms with Gasteiger partial charge in [-0.05, 0) is 5.56 Å². The van der Waals surface area contributed by atoms with Crippen LogP contribution in [0.2, 0.25) is 0 Å². The lowest BCUT2D eigenvalue weighted by Crippen LogP contribution is -2.52. The number of hydrogen-bond acceptors (Lipinski definition) is 5. The van der Waals surface area contributed by atoms with Crippen molar-refractivity contribution in [2.75, 3.05) is 13.2 Å². The Hall–Kier alpha value is -2.56. The number of carbonyl (C=O) groups is 1. The molecule has 1 aromatic heterocycles. The van der Waals surface area contributed by atoms with Crippen molar-refractivity contribution in [2.24, 2.45) is 5.92 Å². The predicted molar refractivity (Wildman–Crippen MR) is 82.9 cm³/mol. The number of hydrogen-bond donors (Lipinski definition) is 0. The van der Waals surface area contributed by atoms with Crippen molar-refractivity contribution in [2.45, 2.75) is 31.1 Å². The summed E-state index contributed by atoms with van der Waals surface area (Å²) in [6.07, 6.45) is -5.18. The smallest absolute Gasteiger partial charge is 0.377 e. The fraction of sp³-hybridized carbons (Fsp3) is 0.471. The van der Waals surface area contributed by atoms with Gasteiger partial charge in [0.1, 0.15) is 5.92 Å². The minimum atomic E-state index is -4.73. The monoisotopic (exact) mass is 403 g/mol. The molecule has 1 unspecified atom stereocenters. The van der Waals surface area contributed by atoms with Gasteiger partial charge in [0.2, 0.25) is 11.7 Å². The Kier molecular flexibility index (Phi) is 4.36. The lowest BCUT2D eigenvalue weighted by Gasteiger charge is -2.37. The Morgan fingerprint density at radius 2 is 1.86 bits per heavy atom. The molecule has 150 valence electrons. The predicted octanol–water partition coefficient (Wildman–Crippen LogP) is 3.14. The van der Waals surface area contributed by atoms with Gasteiger partial charge in [0.15, 0.2) is 0 Å². The zero-order valence-corrected chi connectivity index (χ0v) is 14.2. The zero-order valence-electron chi connectivity index (χ0n) is 14.2. The standard InChI is InChI=1S/C17H14F5N3O3/c18-16(19)5-12(16)14(26)25(11-7-27-8-11)6-9-1-3-10(4-2-9)13-23-15(28-24-13)17(20,21)22/h1-4,11-12H,5-8H2. The topological polar surface area (TPSA) is 68.5 Å². The van der Waals surface area contributed by atoms with Crippen LogP contribution in [0.4, 0.5) is 22.0 Å². The van der Waals surface area contributed by atoms with E-state index in [2.05, 4.69) is 14.7 Å². The molecule has 6 nitrogen and oxygen atoms in total. The van der Waals surface area contributed by atoms with Gasteiger partial charge in [-0.2, -0.15) is 18.2 Å². The number of carbonyl (C=O) groups excluding carboxylic acids is 1. The Bertz CT molecular complexity index is 877. The highest BCUT2D eigenvalue weighted by atomic mass is 19.4. The van der Waals surface area contributed by atoms with Crippen LogP contribution in [-0.4, -0.2) is 46.1 Å². The number of nitrogens with zero attached hydrogens (tertiary/aromatic N) is 3. The Morgan fingerprint density at radius 1 is 1.21 bits per heavy atom. The van der Waals surface area contributed by atoms with Crippen molar-refractivity contribution in [3.05, 3.63) is 35.7 Å². The minimum Gasteiger partial charge on any atom is -0.377 e. The second-order valence-corrected chi connectivity index (χ2v) is 6.79. The summed E-state index contributed by atoms with van der Waals surface area (Å²) in [4.78, 5) is 17.1. The molecule has 1 atom stereocenters. The average molecular weight is 403 g/mol. The molecular weight excluding hydrogens is 389 g/mol. The van der Waals surface area contributed by atoms with Gasteiger partial charge in [-0.15, -0.1) is 0 Å². The molecule has 1 amide bonds. The van der Waals surface area contributed by atoms with E-state index in [4.69, 9.17) is 4.74 Å². The van der Waals surface area contributed by atoms with Crippen LogP contribution in [0.3, 0.4) is 0 Å². The summed E-state index contributed by atoms with van der Waals surface area (Å²) in [5.41, 5.74) is 0.925. The molecule has 2 aliphatic rings. The van der Waals surface area contributed by atoms with E-state index in [1.54, 1.807) is 12.1 Å². The van der Waals surface area contributed by atoms with Gasteiger partial charge in [0, 0.05) is 18.5 Å². The summed E-state index contributed by atoms with van der Waals surface area (Å²) < 4.78 is 73.4.